The Hall–Kier alpha value is -3.09. The van der Waals surface area contributed by atoms with Gasteiger partial charge in [-0.2, -0.15) is 13.2 Å². The van der Waals surface area contributed by atoms with Crippen LogP contribution in [-0.4, -0.2) is 18.5 Å². The number of aryl methyl sites for hydroxylation is 1. The van der Waals surface area contributed by atoms with Crippen molar-refractivity contribution < 1.29 is 22.5 Å². The third-order valence-electron chi connectivity index (χ3n) is 5.99. The summed E-state index contributed by atoms with van der Waals surface area (Å²) >= 11 is 0. The van der Waals surface area contributed by atoms with Gasteiger partial charge in [0.2, 0.25) is 5.88 Å². The van der Waals surface area contributed by atoms with E-state index in [4.69, 9.17) is 4.52 Å². The van der Waals surface area contributed by atoms with Gasteiger partial charge in [-0.3, -0.25) is 4.79 Å². The smallest absolute Gasteiger partial charge is 0.339 e. The number of halogens is 3. The molecule has 3 rings (SSSR count). The maximum Gasteiger partial charge on any atom is 0.416 e. The van der Waals surface area contributed by atoms with Crippen LogP contribution in [0.15, 0.2) is 59.1 Å². The highest BCUT2D eigenvalue weighted by Gasteiger charge is 2.32. The molecule has 38 heavy (non-hydrogen) atoms. The van der Waals surface area contributed by atoms with Crippen molar-refractivity contribution in [1.29, 1.82) is 0 Å². The number of rotatable bonds is 10. The van der Waals surface area contributed by atoms with Gasteiger partial charge < -0.3 is 9.42 Å². The second-order valence-corrected chi connectivity index (χ2v) is 9.58. The van der Waals surface area contributed by atoms with Crippen LogP contribution in [0.25, 0.3) is 0 Å². The summed E-state index contributed by atoms with van der Waals surface area (Å²) in [4.78, 5) is 12.4. The van der Waals surface area contributed by atoms with E-state index in [-0.39, 0.29) is 11.1 Å². The second kappa shape index (κ2) is 16.7. The summed E-state index contributed by atoms with van der Waals surface area (Å²) < 4.78 is 42.2. The molecule has 0 fully saturated rings. The number of hydrogen-bond acceptors (Lipinski definition) is 4. The largest absolute Gasteiger partial charge is 0.416 e. The molecule has 1 unspecified atom stereocenters. The molecule has 0 aliphatic carbocycles. The minimum atomic E-state index is -4.34. The molecule has 0 bridgehead atoms. The molecule has 0 amide bonds. The number of carbonyl (C=O) groups excluding carboxylic acids is 1. The van der Waals surface area contributed by atoms with Crippen molar-refractivity contribution in [2.24, 2.45) is 5.92 Å². The molecular formula is C31H43F3N2O2. The van der Waals surface area contributed by atoms with Crippen LogP contribution in [0.2, 0.25) is 0 Å². The van der Waals surface area contributed by atoms with Crippen LogP contribution in [0.4, 0.5) is 19.1 Å². The molecule has 0 radical (unpaired) electrons. The number of aromatic nitrogens is 1. The quantitative estimate of drug-likeness (QED) is 0.244. The number of aldehydes is 1. The highest BCUT2D eigenvalue weighted by atomic mass is 19.4. The van der Waals surface area contributed by atoms with Crippen molar-refractivity contribution in [3.63, 3.8) is 0 Å². The minimum absolute atomic E-state index is 0.0668. The average Bonchev–Trinajstić information content (AvgIpc) is 3.38. The number of nitrogens with zero attached hydrogens (tertiary/aromatic N) is 2. The van der Waals surface area contributed by atoms with E-state index in [1.165, 1.54) is 44.2 Å². The molecule has 1 heterocycles. The van der Waals surface area contributed by atoms with Crippen molar-refractivity contribution in [3.8, 4) is 0 Å². The van der Waals surface area contributed by atoms with Gasteiger partial charge in [0, 0.05) is 31.1 Å². The van der Waals surface area contributed by atoms with Crippen LogP contribution in [0.3, 0.4) is 0 Å². The lowest BCUT2D eigenvalue weighted by molar-refractivity contribution is -0.138. The lowest BCUT2D eigenvalue weighted by atomic mass is 9.91. The molecule has 0 spiro atoms. The van der Waals surface area contributed by atoms with Gasteiger partial charge in [-0.15, -0.1) is 0 Å². The lowest BCUT2D eigenvalue weighted by Crippen LogP contribution is -2.15. The number of alkyl halides is 3. The van der Waals surface area contributed by atoms with Gasteiger partial charge in [0.05, 0.1) is 11.3 Å². The molecular weight excluding hydrogens is 489 g/mol. The van der Waals surface area contributed by atoms with Gasteiger partial charge in [-0.25, -0.2) is 0 Å². The Kier molecular flexibility index (Phi) is 14.5. The Morgan fingerprint density at radius 1 is 1.00 bits per heavy atom. The normalized spacial score (nSPS) is 11.7. The number of carbonyl (C=O) groups is 1. The average molecular weight is 533 g/mol. The highest BCUT2D eigenvalue weighted by Crippen LogP contribution is 2.32. The molecule has 2 aromatic carbocycles. The number of benzene rings is 2. The lowest BCUT2D eigenvalue weighted by Gasteiger charge is -2.15. The van der Waals surface area contributed by atoms with Gasteiger partial charge in [0.1, 0.15) is 6.29 Å². The first kappa shape index (κ1) is 32.9. The summed E-state index contributed by atoms with van der Waals surface area (Å²) in [5, 5.41) is 4.36. The first-order valence-electron chi connectivity index (χ1n) is 13.4. The van der Waals surface area contributed by atoms with Crippen molar-refractivity contribution in [2.75, 3.05) is 11.9 Å². The van der Waals surface area contributed by atoms with Gasteiger partial charge in [-0.05, 0) is 48.9 Å². The van der Waals surface area contributed by atoms with Crippen LogP contribution < -0.4 is 4.90 Å². The summed E-state index contributed by atoms with van der Waals surface area (Å²) in [5.74, 6) is 2.11. The summed E-state index contributed by atoms with van der Waals surface area (Å²) in [5.41, 5.74) is 2.01. The number of anilines is 1. The molecule has 4 nitrogen and oxygen atoms in total. The molecule has 0 N–H and O–H groups in total. The first-order chi connectivity index (χ1) is 18.0. The summed E-state index contributed by atoms with van der Waals surface area (Å²) in [7, 11) is 2.06. The van der Waals surface area contributed by atoms with Crippen LogP contribution in [0.1, 0.15) is 99.0 Å². The van der Waals surface area contributed by atoms with Gasteiger partial charge >= 0.3 is 6.18 Å². The van der Waals surface area contributed by atoms with E-state index in [0.29, 0.717) is 12.2 Å². The predicted octanol–water partition coefficient (Wildman–Crippen LogP) is 9.48. The van der Waals surface area contributed by atoms with Crippen molar-refractivity contribution >= 4 is 12.2 Å². The fourth-order valence-electron chi connectivity index (χ4n) is 3.99. The summed E-state index contributed by atoms with van der Waals surface area (Å²) in [6, 6.07) is 15.9. The highest BCUT2D eigenvalue weighted by molar-refractivity contribution is 5.75. The second-order valence-electron chi connectivity index (χ2n) is 9.58. The summed E-state index contributed by atoms with van der Waals surface area (Å²) in [6.07, 6.45) is 0.983. The Balaban J connectivity index is 0.000000408. The maximum absolute atomic E-state index is 12.2. The Labute approximate surface area is 226 Å². The van der Waals surface area contributed by atoms with Gasteiger partial charge in [-0.1, -0.05) is 89.0 Å². The van der Waals surface area contributed by atoms with E-state index in [1.54, 1.807) is 0 Å². The van der Waals surface area contributed by atoms with Crippen molar-refractivity contribution in [2.45, 2.75) is 85.9 Å². The van der Waals surface area contributed by atoms with Crippen LogP contribution >= 0.6 is 0 Å². The fraction of sp³-hybridized carbons (Fsp3) is 0.484. The van der Waals surface area contributed by atoms with E-state index < -0.39 is 11.7 Å². The molecule has 0 saturated carbocycles. The topological polar surface area (TPSA) is 46.3 Å². The van der Waals surface area contributed by atoms with E-state index in [2.05, 4.69) is 68.2 Å². The van der Waals surface area contributed by atoms with E-state index >= 15 is 0 Å². The predicted molar refractivity (Wildman–Crippen MR) is 150 cm³/mol. The summed E-state index contributed by atoms with van der Waals surface area (Å²) in [6.45, 7) is 13.0. The number of hydrogen-bond donors (Lipinski definition) is 0. The molecule has 7 heteroatoms. The molecule has 1 atom stereocenters. The standard InChI is InChI=1S/C20H30N2O.C9H7F3O.C2H6/c1-5-9-18(13-12-16(2)3)19-14-20(23-21-19)22(4)15-17-10-7-6-8-11-17;1-6-4-7(5-13)2-3-8(6)9(10,11)12;1-2/h6-8,10-11,14,16,18H,5,9,12-13,15H2,1-4H3;2-5H,1H3;1-2H3. The Morgan fingerprint density at radius 3 is 2.18 bits per heavy atom. The zero-order chi connectivity index (χ0) is 28.7. The Bertz CT molecular complexity index is 1060. The van der Waals surface area contributed by atoms with Gasteiger partial charge in [0.15, 0.2) is 0 Å². The van der Waals surface area contributed by atoms with Gasteiger partial charge in [0.25, 0.3) is 0 Å². The Morgan fingerprint density at radius 2 is 1.66 bits per heavy atom. The fourth-order valence-corrected chi connectivity index (χ4v) is 3.99. The molecule has 1 aromatic heterocycles. The molecule has 210 valence electrons. The molecule has 3 aromatic rings. The third kappa shape index (κ3) is 11.1. The SMILES string of the molecule is CC.CCCC(CCC(C)C)c1cc(N(C)Cc2ccccc2)on1.Cc1cc(C=O)ccc1C(F)(F)F. The maximum atomic E-state index is 12.2. The van der Waals surface area contributed by atoms with Crippen molar-refractivity contribution in [1.82, 2.24) is 5.16 Å². The zero-order valence-electron chi connectivity index (χ0n) is 23.8. The molecule has 0 saturated heterocycles. The monoisotopic (exact) mass is 532 g/mol. The van der Waals surface area contributed by atoms with E-state index in [1.807, 2.05) is 19.9 Å². The van der Waals surface area contributed by atoms with Crippen molar-refractivity contribution in [3.05, 3.63) is 82.5 Å². The van der Waals surface area contributed by atoms with Crippen LogP contribution in [0, 0.1) is 12.8 Å². The van der Waals surface area contributed by atoms with E-state index in [9.17, 15) is 18.0 Å². The third-order valence-corrected chi connectivity index (χ3v) is 5.99. The van der Waals surface area contributed by atoms with Crippen LogP contribution in [-0.2, 0) is 12.7 Å². The molecule has 0 aliphatic rings. The van der Waals surface area contributed by atoms with E-state index in [0.717, 1.165) is 36.2 Å². The minimum Gasteiger partial charge on any atom is -0.339 e. The zero-order valence-corrected chi connectivity index (χ0v) is 23.8. The first-order valence-corrected chi connectivity index (χ1v) is 13.4. The van der Waals surface area contributed by atoms with Crippen LogP contribution in [0.5, 0.6) is 0 Å². The molecule has 0 aliphatic heterocycles.